The molecule has 2 rings (SSSR count). The highest BCUT2D eigenvalue weighted by Gasteiger charge is 2.39. The number of ether oxygens (including phenoxy) is 1. The number of amides is 1. The highest BCUT2D eigenvalue weighted by molar-refractivity contribution is 5.77. The van der Waals surface area contributed by atoms with Crippen molar-refractivity contribution in [3.8, 4) is 0 Å². The van der Waals surface area contributed by atoms with Crippen molar-refractivity contribution in [3.63, 3.8) is 0 Å². The predicted octanol–water partition coefficient (Wildman–Crippen LogP) is 2.92. The molecular formula is C19H30N2O4. The standard InChI is InChI=1S/C19H30N2O4/c1-4-25-19(24)21-13-16(9-7-14(2)22)18(20-11-5-6-12-20)17(21)10-8-15(3)23/h17H,4-13H2,1-3H3. The van der Waals surface area contributed by atoms with Crippen LogP contribution < -0.4 is 0 Å². The van der Waals surface area contributed by atoms with Gasteiger partial charge in [0.15, 0.2) is 0 Å². The monoisotopic (exact) mass is 350 g/mol. The third-order valence-corrected chi connectivity index (χ3v) is 4.91. The molecule has 0 saturated carbocycles. The number of hydrogen-bond acceptors (Lipinski definition) is 5. The van der Waals surface area contributed by atoms with Crippen LogP contribution in [0.2, 0.25) is 0 Å². The Balaban J connectivity index is 2.28. The van der Waals surface area contributed by atoms with Gasteiger partial charge in [-0.1, -0.05) is 0 Å². The van der Waals surface area contributed by atoms with Gasteiger partial charge in [0, 0.05) is 38.2 Å². The first-order valence-electron chi connectivity index (χ1n) is 9.33. The molecule has 0 spiro atoms. The SMILES string of the molecule is CCOC(=O)N1CC(CCC(C)=O)=C(N2CCCC2)C1CCC(C)=O. The number of ketones is 2. The Labute approximate surface area is 150 Å². The fourth-order valence-corrected chi connectivity index (χ4v) is 3.74. The third-order valence-electron chi connectivity index (χ3n) is 4.91. The number of likely N-dealkylation sites (tertiary alicyclic amines) is 1. The fourth-order valence-electron chi connectivity index (χ4n) is 3.74. The number of rotatable bonds is 8. The maximum Gasteiger partial charge on any atom is 0.410 e. The largest absolute Gasteiger partial charge is 0.450 e. The minimum absolute atomic E-state index is 0.122. The van der Waals surface area contributed by atoms with Gasteiger partial charge in [-0.3, -0.25) is 4.90 Å². The highest BCUT2D eigenvalue weighted by atomic mass is 16.6. The zero-order valence-electron chi connectivity index (χ0n) is 15.7. The van der Waals surface area contributed by atoms with Gasteiger partial charge in [-0.15, -0.1) is 0 Å². The summed E-state index contributed by atoms with van der Waals surface area (Å²) in [6, 6.07) is -0.122. The number of nitrogens with zero attached hydrogens (tertiary/aromatic N) is 2. The van der Waals surface area contributed by atoms with Crippen LogP contribution in [0.15, 0.2) is 11.3 Å². The van der Waals surface area contributed by atoms with Crippen LogP contribution >= 0.6 is 0 Å². The highest BCUT2D eigenvalue weighted by Crippen LogP contribution is 2.35. The lowest BCUT2D eigenvalue weighted by atomic mass is 10.0. The Bertz CT molecular complexity index is 550. The van der Waals surface area contributed by atoms with E-state index in [1.165, 1.54) is 0 Å². The molecular weight excluding hydrogens is 320 g/mol. The lowest BCUT2D eigenvalue weighted by Crippen LogP contribution is -2.41. The van der Waals surface area contributed by atoms with Crippen LogP contribution in [0, 0.1) is 0 Å². The molecule has 1 amide bonds. The maximum atomic E-state index is 12.5. The summed E-state index contributed by atoms with van der Waals surface area (Å²) >= 11 is 0. The zero-order valence-corrected chi connectivity index (χ0v) is 15.7. The molecule has 0 aromatic heterocycles. The van der Waals surface area contributed by atoms with E-state index in [-0.39, 0.29) is 23.7 Å². The Kier molecular flexibility index (Phi) is 7.02. The first-order chi connectivity index (χ1) is 11.9. The third kappa shape index (κ3) is 5.06. The minimum Gasteiger partial charge on any atom is -0.450 e. The second-order valence-electron chi connectivity index (χ2n) is 6.97. The number of Topliss-reactive ketones (excluding diaryl/α,β-unsaturated/α-hetero) is 2. The van der Waals surface area contributed by atoms with E-state index in [0.29, 0.717) is 38.8 Å². The second-order valence-corrected chi connectivity index (χ2v) is 6.97. The zero-order chi connectivity index (χ0) is 18.4. The first kappa shape index (κ1) is 19.5. The summed E-state index contributed by atoms with van der Waals surface area (Å²) < 4.78 is 5.24. The molecule has 2 aliphatic heterocycles. The van der Waals surface area contributed by atoms with Gasteiger partial charge in [0.05, 0.1) is 12.6 Å². The molecule has 1 atom stereocenters. The van der Waals surface area contributed by atoms with E-state index in [9.17, 15) is 14.4 Å². The van der Waals surface area contributed by atoms with Gasteiger partial charge in [0.2, 0.25) is 0 Å². The van der Waals surface area contributed by atoms with Crippen LogP contribution in [0.25, 0.3) is 0 Å². The van der Waals surface area contributed by atoms with Crippen LogP contribution in [0.3, 0.4) is 0 Å². The molecule has 6 heteroatoms. The number of carbonyl (C=O) groups is 3. The molecule has 25 heavy (non-hydrogen) atoms. The summed E-state index contributed by atoms with van der Waals surface area (Å²) in [6.45, 7) is 7.76. The van der Waals surface area contributed by atoms with Gasteiger partial charge in [0.25, 0.3) is 0 Å². The average molecular weight is 350 g/mol. The van der Waals surface area contributed by atoms with Gasteiger partial charge in [0.1, 0.15) is 11.6 Å². The van der Waals surface area contributed by atoms with Gasteiger partial charge in [-0.05, 0) is 52.0 Å². The Morgan fingerprint density at radius 3 is 2.28 bits per heavy atom. The van der Waals surface area contributed by atoms with Crippen LogP contribution in [0.4, 0.5) is 4.79 Å². The smallest absolute Gasteiger partial charge is 0.410 e. The summed E-state index contributed by atoms with van der Waals surface area (Å²) in [5.41, 5.74) is 2.31. The Morgan fingerprint density at radius 1 is 1.08 bits per heavy atom. The molecule has 6 nitrogen and oxygen atoms in total. The molecule has 1 fully saturated rings. The summed E-state index contributed by atoms with van der Waals surface area (Å²) in [5.74, 6) is 0.282. The van der Waals surface area contributed by atoms with Gasteiger partial charge in [-0.25, -0.2) is 4.79 Å². The number of carbonyl (C=O) groups excluding carboxylic acids is 3. The van der Waals surface area contributed by atoms with E-state index in [1.54, 1.807) is 25.7 Å². The topological polar surface area (TPSA) is 66.9 Å². The van der Waals surface area contributed by atoms with Crippen molar-refractivity contribution in [1.29, 1.82) is 0 Å². The van der Waals surface area contributed by atoms with E-state index < -0.39 is 0 Å². The van der Waals surface area contributed by atoms with Gasteiger partial charge in [-0.2, -0.15) is 0 Å². The van der Waals surface area contributed by atoms with Crippen LogP contribution in [-0.4, -0.2) is 59.7 Å². The molecule has 1 saturated heterocycles. The summed E-state index contributed by atoms with van der Waals surface area (Å²) in [6.07, 6.45) is 4.17. The van der Waals surface area contributed by atoms with Crippen LogP contribution in [0.5, 0.6) is 0 Å². The molecule has 0 aliphatic carbocycles. The lowest BCUT2D eigenvalue weighted by molar-refractivity contribution is -0.118. The van der Waals surface area contributed by atoms with E-state index >= 15 is 0 Å². The molecule has 140 valence electrons. The molecule has 0 radical (unpaired) electrons. The van der Waals surface area contributed by atoms with Gasteiger partial charge < -0.3 is 19.2 Å². The second kappa shape index (κ2) is 9.02. The van der Waals surface area contributed by atoms with Crippen molar-refractivity contribution in [2.45, 2.75) is 65.3 Å². The normalized spacial score (nSPS) is 20.4. The van der Waals surface area contributed by atoms with E-state index in [1.807, 2.05) is 0 Å². The summed E-state index contributed by atoms with van der Waals surface area (Å²) in [5, 5.41) is 0. The molecule has 0 N–H and O–H groups in total. The molecule has 0 bridgehead atoms. The van der Waals surface area contributed by atoms with Crippen molar-refractivity contribution in [2.24, 2.45) is 0 Å². The quantitative estimate of drug-likeness (QED) is 0.673. The van der Waals surface area contributed by atoms with E-state index in [0.717, 1.165) is 37.2 Å². The van der Waals surface area contributed by atoms with Gasteiger partial charge >= 0.3 is 6.09 Å². The van der Waals surface area contributed by atoms with Crippen molar-refractivity contribution < 1.29 is 19.1 Å². The Hall–Kier alpha value is -1.85. The summed E-state index contributed by atoms with van der Waals surface area (Å²) in [7, 11) is 0. The van der Waals surface area contributed by atoms with Crippen LogP contribution in [-0.2, 0) is 14.3 Å². The van der Waals surface area contributed by atoms with Crippen LogP contribution in [0.1, 0.15) is 59.3 Å². The van der Waals surface area contributed by atoms with E-state index in [4.69, 9.17) is 4.74 Å². The van der Waals surface area contributed by atoms with E-state index in [2.05, 4.69) is 4.90 Å². The van der Waals surface area contributed by atoms with Crippen molar-refractivity contribution in [1.82, 2.24) is 9.80 Å². The maximum absolute atomic E-state index is 12.5. The van der Waals surface area contributed by atoms with Crippen molar-refractivity contribution in [2.75, 3.05) is 26.2 Å². The fraction of sp³-hybridized carbons (Fsp3) is 0.737. The average Bonchev–Trinajstić information content (AvgIpc) is 3.18. The minimum atomic E-state index is -0.328. The lowest BCUT2D eigenvalue weighted by Gasteiger charge is -2.30. The summed E-state index contributed by atoms with van der Waals surface area (Å²) in [4.78, 5) is 39.5. The first-order valence-corrected chi connectivity index (χ1v) is 9.33. The Morgan fingerprint density at radius 2 is 1.72 bits per heavy atom. The molecule has 2 aliphatic rings. The molecule has 0 aromatic carbocycles. The molecule has 1 unspecified atom stereocenters. The predicted molar refractivity (Wildman–Crippen MR) is 95.2 cm³/mol. The van der Waals surface area contributed by atoms with Crippen molar-refractivity contribution >= 4 is 17.7 Å². The molecule has 2 heterocycles. The van der Waals surface area contributed by atoms with Crippen molar-refractivity contribution in [3.05, 3.63) is 11.3 Å². The number of hydrogen-bond donors (Lipinski definition) is 0. The molecule has 0 aromatic rings.